The molecule has 0 amide bonds. The topological polar surface area (TPSA) is 84.2 Å². The number of aromatic hydroxyl groups is 1. The second kappa shape index (κ2) is 9.39. The Labute approximate surface area is 211 Å². The van der Waals surface area contributed by atoms with Gasteiger partial charge in [0, 0.05) is 31.3 Å². The van der Waals surface area contributed by atoms with E-state index in [1.807, 2.05) is 30.3 Å². The molecule has 0 bridgehead atoms. The van der Waals surface area contributed by atoms with Gasteiger partial charge in [-0.1, -0.05) is 18.2 Å². The summed E-state index contributed by atoms with van der Waals surface area (Å²) in [6.07, 6.45) is 4.09. The molecule has 9 heteroatoms. The van der Waals surface area contributed by atoms with Crippen LogP contribution in [0.3, 0.4) is 0 Å². The van der Waals surface area contributed by atoms with Gasteiger partial charge in [0.2, 0.25) is 6.79 Å². The fourth-order valence-corrected chi connectivity index (χ4v) is 5.25. The Morgan fingerprint density at radius 3 is 2.91 bits per heavy atom. The second-order valence-electron chi connectivity index (χ2n) is 9.08. The molecule has 2 aliphatic rings. The van der Waals surface area contributed by atoms with Crippen LogP contribution in [-0.4, -0.2) is 51.0 Å². The average Bonchev–Trinajstić information content (AvgIpc) is 3.49. The van der Waals surface area contributed by atoms with E-state index in [4.69, 9.17) is 14.5 Å². The number of likely N-dealkylation sites (tertiary alicyclic amines) is 1. The number of halogens is 1. The van der Waals surface area contributed by atoms with Crippen molar-refractivity contribution >= 4 is 27.4 Å². The fourth-order valence-electron chi connectivity index (χ4n) is 4.90. The lowest BCUT2D eigenvalue weighted by Crippen LogP contribution is -2.37. The Morgan fingerprint density at radius 2 is 2.00 bits per heavy atom. The first kappa shape index (κ1) is 22.2. The van der Waals surface area contributed by atoms with Crippen LogP contribution in [-0.2, 0) is 6.54 Å². The van der Waals surface area contributed by atoms with Crippen molar-refractivity contribution in [2.24, 2.45) is 5.92 Å². The summed E-state index contributed by atoms with van der Waals surface area (Å²) in [5.74, 6) is 3.23. The van der Waals surface area contributed by atoms with E-state index in [0.29, 0.717) is 29.6 Å². The zero-order valence-electron chi connectivity index (χ0n) is 19.2. The monoisotopic (exact) mass is 535 g/mol. The largest absolute Gasteiger partial charge is 0.507 e. The summed E-state index contributed by atoms with van der Waals surface area (Å²) in [6.45, 7) is 4.14. The molecule has 2 aromatic heterocycles. The quantitative estimate of drug-likeness (QED) is 0.362. The predicted octanol–water partition coefficient (Wildman–Crippen LogP) is 4.92. The van der Waals surface area contributed by atoms with Crippen LogP contribution < -0.4 is 14.8 Å². The van der Waals surface area contributed by atoms with Gasteiger partial charge < -0.3 is 19.9 Å². The van der Waals surface area contributed by atoms with Gasteiger partial charge in [0.1, 0.15) is 11.6 Å². The van der Waals surface area contributed by atoms with Gasteiger partial charge in [-0.05, 0) is 71.1 Å². The highest BCUT2D eigenvalue weighted by molar-refractivity contribution is 9.10. The van der Waals surface area contributed by atoms with E-state index < -0.39 is 0 Å². The van der Waals surface area contributed by atoms with Crippen LogP contribution in [0.15, 0.2) is 59.2 Å². The number of fused-ring (bicyclic) bond motifs is 2. The highest BCUT2D eigenvalue weighted by Crippen LogP contribution is 2.34. The number of phenols is 1. The van der Waals surface area contributed by atoms with Crippen molar-refractivity contribution in [3.63, 3.8) is 0 Å². The van der Waals surface area contributed by atoms with Crippen LogP contribution in [0.4, 0.5) is 5.82 Å². The predicted molar refractivity (Wildman–Crippen MR) is 137 cm³/mol. The number of rotatable bonds is 6. The molecule has 6 rings (SSSR count). The van der Waals surface area contributed by atoms with Crippen LogP contribution in [0.1, 0.15) is 18.4 Å². The van der Waals surface area contributed by atoms with Crippen LogP contribution in [0, 0.1) is 5.92 Å². The van der Waals surface area contributed by atoms with E-state index in [9.17, 15) is 5.11 Å². The lowest BCUT2D eigenvalue weighted by molar-refractivity contribution is 0.171. The summed E-state index contributed by atoms with van der Waals surface area (Å²) in [5.41, 5.74) is 3.35. The van der Waals surface area contributed by atoms with Crippen molar-refractivity contribution in [1.82, 2.24) is 19.5 Å². The van der Waals surface area contributed by atoms with Gasteiger partial charge in [-0.2, -0.15) is 9.61 Å². The Balaban J connectivity index is 1.17. The molecule has 4 heterocycles. The number of piperidine rings is 1. The Bertz CT molecular complexity index is 1370. The number of benzene rings is 2. The van der Waals surface area contributed by atoms with Crippen molar-refractivity contribution < 1.29 is 14.6 Å². The first-order chi connectivity index (χ1) is 17.1. The Morgan fingerprint density at radius 1 is 1.11 bits per heavy atom. The van der Waals surface area contributed by atoms with Gasteiger partial charge in [0.15, 0.2) is 17.1 Å². The zero-order chi connectivity index (χ0) is 23.8. The lowest BCUT2D eigenvalue weighted by Gasteiger charge is -2.33. The van der Waals surface area contributed by atoms with Crippen LogP contribution in [0.5, 0.6) is 17.2 Å². The third kappa shape index (κ3) is 4.53. The number of phenolic OH excluding ortho intramolecular Hbond substituents is 1. The molecule has 2 aliphatic heterocycles. The number of para-hydroxylation sites is 1. The summed E-state index contributed by atoms with van der Waals surface area (Å²) in [7, 11) is 0. The van der Waals surface area contributed by atoms with E-state index in [1.54, 1.807) is 16.8 Å². The third-order valence-corrected chi connectivity index (χ3v) is 7.19. The van der Waals surface area contributed by atoms with Gasteiger partial charge in [-0.15, -0.1) is 0 Å². The summed E-state index contributed by atoms with van der Waals surface area (Å²) >= 11 is 3.55. The standard InChI is InChI=1S/C26H26BrN5O3/c27-20-13-29-32-25(11-21(30-26(20)32)19-5-1-2-6-22(19)33)28-12-18-4-3-9-31(15-18)14-17-7-8-23-24(10-17)35-16-34-23/h1-2,5-8,10-11,13,18,28,33H,3-4,9,12,14-16H2. The smallest absolute Gasteiger partial charge is 0.231 e. The molecular weight excluding hydrogens is 510 g/mol. The van der Waals surface area contributed by atoms with Crippen molar-refractivity contribution in [3.8, 4) is 28.5 Å². The van der Waals surface area contributed by atoms with E-state index in [-0.39, 0.29) is 5.75 Å². The number of hydrogen-bond acceptors (Lipinski definition) is 7. The number of anilines is 1. The molecule has 1 saturated heterocycles. The number of ether oxygens (including phenoxy) is 2. The van der Waals surface area contributed by atoms with E-state index in [2.05, 4.69) is 43.4 Å². The van der Waals surface area contributed by atoms with E-state index >= 15 is 0 Å². The second-order valence-corrected chi connectivity index (χ2v) is 9.94. The number of hydrogen-bond donors (Lipinski definition) is 2. The molecule has 2 aromatic carbocycles. The first-order valence-corrected chi connectivity index (χ1v) is 12.6. The van der Waals surface area contributed by atoms with E-state index in [0.717, 1.165) is 48.0 Å². The maximum Gasteiger partial charge on any atom is 0.231 e. The third-order valence-electron chi connectivity index (χ3n) is 6.63. The van der Waals surface area contributed by atoms with Gasteiger partial charge in [-0.3, -0.25) is 4.90 Å². The molecule has 8 nitrogen and oxygen atoms in total. The minimum absolute atomic E-state index is 0.206. The highest BCUT2D eigenvalue weighted by Gasteiger charge is 2.22. The molecule has 180 valence electrons. The van der Waals surface area contributed by atoms with Crippen LogP contribution in [0.25, 0.3) is 16.9 Å². The van der Waals surface area contributed by atoms with Crippen molar-refractivity contribution in [2.45, 2.75) is 19.4 Å². The lowest BCUT2D eigenvalue weighted by atomic mass is 9.97. The van der Waals surface area contributed by atoms with Gasteiger partial charge in [-0.25, -0.2) is 4.98 Å². The number of aromatic nitrogens is 3. The molecule has 2 N–H and O–H groups in total. The fraction of sp³-hybridized carbons (Fsp3) is 0.308. The highest BCUT2D eigenvalue weighted by atomic mass is 79.9. The summed E-state index contributed by atoms with van der Waals surface area (Å²) in [6, 6.07) is 15.4. The Kier molecular flexibility index (Phi) is 5.95. The maximum absolute atomic E-state index is 10.4. The number of nitrogens with zero attached hydrogens (tertiary/aromatic N) is 4. The molecule has 0 aliphatic carbocycles. The first-order valence-electron chi connectivity index (χ1n) is 11.8. The molecule has 1 atom stereocenters. The van der Waals surface area contributed by atoms with Crippen molar-refractivity contribution in [3.05, 3.63) is 64.8 Å². The molecule has 0 saturated carbocycles. The maximum atomic E-state index is 10.4. The zero-order valence-corrected chi connectivity index (χ0v) is 20.7. The van der Waals surface area contributed by atoms with E-state index in [1.165, 1.54) is 18.4 Å². The summed E-state index contributed by atoms with van der Waals surface area (Å²) in [4.78, 5) is 7.24. The number of nitrogens with one attached hydrogen (secondary N) is 1. The SMILES string of the molecule is Oc1ccccc1-c1cc(NCC2CCCN(Cc3ccc4c(c3)OCO4)C2)n2ncc(Br)c2n1. The van der Waals surface area contributed by atoms with Gasteiger partial charge in [0.05, 0.1) is 16.4 Å². The van der Waals surface area contributed by atoms with Crippen molar-refractivity contribution in [1.29, 1.82) is 0 Å². The van der Waals surface area contributed by atoms with Crippen molar-refractivity contribution in [2.75, 3.05) is 31.7 Å². The average molecular weight is 536 g/mol. The molecule has 35 heavy (non-hydrogen) atoms. The molecule has 0 spiro atoms. The summed E-state index contributed by atoms with van der Waals surface area (Å²) < 4.78 is 13.6. The molecule has 4 aromatic rings. The van der Waals surface area contributed by atoms with Gasteiger partial charge in [0.25, 0.3) is 0 Å². The Hall–Kier alpha value is -3.30. The summed E-state index contributed by atoms with van der Waals surface area (Å²) in [5, 5.41) is 18.5. The minimum atomic E-state index is 0.206. The normalized spacial score (nSPS) is 17.7. The molecule has 0 radical (unpaired) electrons. The van der Waals surface area contributed by atoms with Crippen LogP contribution >= 0.6 is 15.9 Å². The molecule has 1 fully saturated rings. The van der Waals surface area contributed by atoms with Gasteiger partial charge >= 0.3 is 0 Å². The van der Waals surface area contributed by atoms with Crippen LogP contribution in [0.2, 0.25) is 0 Å². The molecular formula is C26H26BrN5O3. The minimum Gasteiger partial charge on any atom is -0.507 e. The molecule has 1 unspecified atom stereocenters.